The first-order valence-corrected chi connectivity index (χ1v) is 11.1. The van der Waals surface area contributed by atoms with Crippen LogP contribution < -0.4 is 16.4 Å². The number of nitrogens with zero attached hydrogens (tertiary/aromatic N) is 2. The molecule has 0 radical (unpaired) electrons. The van der Waals surface area contributed by atoms with Crippen LogP contribution in [0.4, 0.5) is 5.69 Å². The van der Waals surface area contributed by atoms with Gasteiger partial charge in [-0.15, -0.1) is 0 Å². The highest BCUT2D eigenvalue weighted by molar-refractivity contribution is 6.53. The summed E-state index contributed by atoms with van der Waals surface area (Å²) in [5.74, 6) is -2.35. The van der Waals surface area contributed by atoms with E-state index in [1.165, 1.54) is 43.7 Å². The number of nitrogens with one attached hydrogen (secondary N) is 3. The van der Waals surface area contributed by atoms with Crippen molar-refractivity contribution in [2.45, 2.75) is 42.4 Å². The number of esters is 1. The molecule has 13 nitrogen and oxygen atoms in total. The quantitative estimate of drug-likeness (QED) is 0.110. The largest absolute Gasteiger partial charge is 0.462 e. The Labute approximate surface area is 209 Å². The number of H-pyrrole nitrogens is 1. The lowest BCUT2D eigenvalue weighted by Crippen LogP contribution is -2.50. The van der Waals surface area contributed by atoms with Gasteiger partial charge in [0, 0.05) is 30.4 Å². The van der Waals surface area contributed by atoms with Crippen LogP contribution in [0.25, 0.3) is 0 Å². The van der Waals surface area contributed by atoms with Crippen LogP contribution in [0.2, 0.25) is 0 Å². The van der Waals surface area contributed by atoms with Crippen molar-refractivity contribution in [1.29, 1.82) is 0 Å². The third kappa shape index (κ3) is 8.47. The first-order chi connectivity index (χ1) is 16.5. The molecule has 4 unspecified atom stereocenters. The van der Waals surface area contributed by atoms with E-state index in [0.717, 1.165) is 0 Å². The fourth-order valence-corrected chi connectivity index (χ4v) is 2.99. The summed E-state index contributed by atoms with van der Waals surface area (Å²) in [6.07, 6.45) is 1.40. The summed E-state index contributed by atoms with van der Waals surface area (Å²) in [7, 11) is 0. The number of benzene rings is 1. The van der Waals surface area contributed by atoms with Gasteiger partial charge in [-0.25, -0.2) is 9.78 Å². The standard InChI is InChI=1S/C20H24Cl2N6O7/c1-10(23)18(30)26-14(6-12-7-24-9-25-12)20(32)35-8-15(27-19(31)17(21)22)16(29)11-2-4-13(5-3-11)28(33)34/h2-5,7,9-10,14-17,29H,6,8,23H2,1H3,(H,24,25)(H,26,30)(H,27,31). The molecule has 35 heavy (non-hydrogen) atoms. The SMILES string of the molecule is CC(N)C(=O)NC(Cc1cnc[nH]1)C(=O)OCC(NC(=O)C(Cl)Cl)C(O)c1ccc([N+](=O)[O-])cc1. The normalized spacial score (nSPS) is 14.5. The molecular weight excluding hydrogens is 507 g/mol. The number of amides is 2. The van der Waals surface area contributed by atoms with Gasteiger partial charge in [0.05, 0.1) is 23.3 Å². The third-order valence-corrected chi connectivity index (χ3v) is 5.15. The number of non-ortho nitro benzene ring substituents is 1. The van der Waals surface area contributed by atoms with Crippen LogP contribution >= 0.6 is 23.2 Å². The maximum atomic E-state index is 12.8. The number of ether oxygens (including phenoxy) is 1. The van der Waals surface area contributed by atoms with Gasteiger partial charge in [0.2, 0.25) is 5.91 Å². The van der Waals surface area contributed by atoms with E-state index in [-0.39, 0.29) is 17.7 Å². The van der Waals surface area contributed by atoms with Crippen LogP contribution in [0.3, 0.4) is 0 Å². The zero-order chi connectivity index (χ0) is 26.1. The average molecular weight is 531 g/mol. The molecule has 1 aromatic carbocycles. The molecule has 2 rings (SSSR count). The second-order valence-corrected chi connectivity index (χ2v) is 8.57. The Morgan fingerprint density at radius 3 is 2.40 bits per heavy atom. The molecular formula is C20H24Cl2N6O7. The second kappa shape index (κ2) is 13.0. The molecule has 0 fully saturated rings. The number of carbonyl (C=O) groups excluding carboxylic acids is 3. The number of aromatic amines is 1. The van der Waals surface area contributed by atoms with Crippen molar-refractivity contribution in [2.24, 2.45) is 5.73 Å². The summed E-state index contributed by atoms with van der Waals surface area (Å²) in [6, 6.07) is 1.62. The van der Waals surface area contributed by atoms with Crippen molar-refractivity contribution in [1.82, 2.24) is 20.6 Å². The third-order valence-electron chi connectivity index (χ3n) is 4.75. The van der Waals surface area contributed by atoms with Crippen LogP contribution in [-0.2, 0) is 25.5 Å². The number of nitro benzene ring substituents is 1. The predicted molar refractivity (Wildman–Crippen MR) is 124 cm³/mol. The molecule has 6 N–H and O–H groups in total. The predicted octanol–water partition coefficient (Wildman–Crippen LogP) is 0.258. The topological polar surface area (TPSA) is 203 Å². The molecule has 0 spiro atoms. The van der Waals surface area contributed by atoms with Gasteiger partial charge in [0.1, 0.15) is 18.8 Å². The van der Waals surface area contributed by atoms with Crippen LogP contribution in [0, 0.1) is 10.1 Å². The highest BCUT2D eigenvalue weighted by atomic mass is 35.5. The monoisotopic (exact) mass is 530 g/mol. The van der Waals surface area contributed by atoms with Crippen molar-refractivity contribution in [3.8, 4) is 0 Å². The summed E-state index contributed by atoms with van der Waals surface area (Å²) >= 11 is 11.2. The number of halogens is 2. The van der Waals surface area contributed by atoms with Crippen molar-refractivity contribution >= 4 is 46.7 Å². The van der Waals surface area contributed by atoms with Crippen LogP contribution in [0.1, 0.15) is 24.3 Å². The van der Waals surface area contributed by atoms with E-state index in [1.807, 2.05) is 0 Å². The Morgan fingerprint density at radius 2 is 1.89 bits per heavy atom. The molecule has 0 saturated heterocycles. The summed E-state index contributed by atoms with van der Waals surface area (Å²) < 4.78 is 5.28. The molecule has 1 aromatic heterocycles. The molecule has 1 heterocycles. The van der Waals surface area contributed by atoms with E-state index >= 15 is 0 Å². The van der Waals surface area contributed by atoms with E-state index in [9.17, 15) is 29.6 Å². The van der Waals surface area contributed by atoms with Gasteiger partial charge in [-0.2, -0.15) is 0 Å². The van der Waals surface area contributed by atoms with Gasteiger partial charge >= 0.3 is 5.97 Å². The lowest BCUT2D eigenvalue weighted by Gasteiger charge is -2.26. The zero-order valence-electron chi connectivity index (χ0n) is 18.4. The number of carbonyl (C=O) groups is 3. The van der Waals surface area contributed by atoms with Crippen molar-refractivity contribution in [3.63, 3.8) is 0 Å². The number of aromatic nitrogens is 2. The zero-order valence-corrected chi connectivity index (χ0v) is 19.9. The number of imidazole rings is 1. The van der Waals surface area contributed by atoms with Crippen molar-refractivity contribution in [2.75, 3.05) is 6.61 Å². The van der Waals surface area contributed by atoms with E-state index in [4.69, 9.17) is 33.7 Å². The highest BCUT2D eigenvalue weighted by Crippen LogP contribution is 2.21. The average Bonchev–Trinajstić information content (AvgIpc) is 3.33. The first kappa shape index (κ1) is 28.0. The Bertz CT molecular complexity index is 1020. The molecule has 2 aromatic rings. The Balaban J connectivity index is 2.18. The molecule has 0 aliphatic rings. The first-order valence-electron chi connectivity index (χ1n) is 10.2. The molecule has 0 aliphatic carbocycles. The summed E-state index contributed by atoms with van der Waals surface area (Å²) in [5, 5.41) is 26.5. The molecule has 15 heteroatoms. The molecule has 4 atom stereocenters. The number of aliphatic hydroxyl groups is 1. The molecule has 0 aliphatic heterocycles. The second-order valence-electron chi connectivity index (χ2n) is 7.47. The van der Waals surface area contributed by atoms with E-state index in [0.29, 0.717) is 5.69 Å². The molecule has 0 bridgehead atoms. The number of hydrogen-bond donors (Lipinski definition) is 5. The van der Waals surface area contributed by atoms with Gasteiger partial charge < -0.3 is 31.2 Å². The highest BCUT2D eigenvalue weighted by Gasteiger charge is 2.30. The number of hydrogen-bond acceptors (Lipinski definition) is 9. The van der Waals surface area contributed by atoms with Gasteiger partial charge in [0.15, 0.2) is 4.84 Å². The van der Waals surface area contributed by atoms with E-state index in [1.54, 1.807) is 0 Å². The molecule has 0 saturated carbocycles. The van der Waals surface area contributed by atoms with Gasteiger partial charge in [0.25, 0.3) is 11.6 Å². The Morgan fingerprint density at radius 1 is 1.23 bits per heavy atom. The Kier molecular flexibility index (Phi) is 10.4. The van der Waals surface area contributed by atoms with E-state index < -0.39 is 58.4 Å². The Hall–Kier alpha value is -3.26. The maximum absolute atomic E-state index is 12.8. The minimum absolute atomic E-state index is 0.00462. The number of rotatable bonds is 12. The van der Waals surface area contributed by atoms with E-state index in [2.05, 4.69) is 20.6 Å². The lowest BCUT2D eigenvalue weighted by molar-refractivity contribution is -0.384. The number of nitrogens with two attached hydrogens (primary N) is 1. The number of aliphatic hydroxyl groups excluding tert-OH is 1. The molecule has 190 valence electrons. The maximum Gasteiger partial charge on any atom is 0.329 e. The van der Waals surface area contributed by atoms with Crippen LogP contribution in [0.5, 0.6) is 0 Å². The van der Waals surface area contributed by atoms with Crippen LogP contribution in [0.15, 0.2) is 36.8 Å². The smallest absolute Gasteiger partial charge is 0.329 e. The van der Waals surface area contributed by atoms with Crippen LogP contribution in [-0.4, -0.2) is 67.4 Å². The van der Waals surface area contributed by atoms with Gasteiger partial charge in [-0.3, -0.25) is 19.7 Å². The van der Waals surface area contributed by atoms with Gasteiger partial charge in [-0.1, -0.05) is 23.2 Å². The number of nitro groups is 1. The van der Waals surface area contributed by atoms with Gasteiger partial charge in [-0.05, 0) is 24.6 Å². The minimum Gasteiger partial charge on any atom is -0.462 e. The molecule has 2 amide bonds. The fraction of sp³-hybridized carbons (Fsp3) is 0.400. The lowest BCUT2D eigenvalue weighted by atomic mass is 10.0. The minimum atomic E-state index is -1.48. The van der Waals surface area contributed by atoms with Crippen molar-refractivity contribution < 1.29 is 29.2 Å². The fourth-order valence-electron chi connectivity index (χ4n) is 2.87. The summed E-state index contributed by atoms with van der Waals surface area (Å²) in [6.45, 7) is 0.894. The summed E-state index contributed by atoms with van der Waals surface area (Å²) in [4.78, 5) is 52.3. The van der Waals surface area contributed by atoms with Crippen molar-refractivity contribution in [3.05, 3.63) is 58.2 Å². The number of alkyl halides is 2. The summed E-state index contributed by atoms with van der Waals surface area (Å²) in [5.41, 5.74) is 6.08.